The van der Waals surface area contributed by atoms with Crippen LogP contribution in [0.25, 0.3) is 0 Å². The van der Waals surface area contributed by atoms with Gasteiger partial charge in [-0.2, -0.15) is 0 Å². The second-order valence-corrected chi connectivity index (χ2v) is 9.57. The molecule has 136 valence electrons. The quantitative estimate of drug-likeness (QED) is 0.813. The number of aryl methyl sites for hydroxylation is 2. The highest BCUT2D eigenvalue weighted by Gasteiger charge is 2.26. The van der Waals surface area contributed by atoms with E-state index in [-0.39, 0.29) is 5.41 Å². The van der Waals surface area contributed by atoms with Crippen LogP contribution in [0, 0.1) is 13.8 Å². The van der Waals surface area contributed by atoms with Crippen LogP contribution in [-0.2, 0) is 21.9 Å². The maximum absolute atomic E-state index is 13.1. The lowest BCUT2D eigenvalue weighted by atomic mass is 9.85. The Morgan fingerprint density at radius 2 is 1.68 bits per heavy atom. The highest BCUT2D eigenvalue weighted by atomic mass is 32.2. The van der Waals surface area contributed by atoms with E-state index in [0.29, 0.717) is 17.9 Å². The number of likely N-dealkylation sites (N-methyl/N-ethyl adjacent to an activating group) is 1. The van der Waals surface area contributed by atoms with Crippen LogP contribution in [0.3, 0.4) is 0 Å². The normalized spacial score (nSPS) is 12.6. The van der Waals surface area contributed by atoms with Crippen LogP contribution in [0.5, 0.6) is 0 Å². The first-order valence-electron chi connectivity index (χ1n) is 8.51. The van der Waals surface area contributed by atoms with E-state index < -0.39 is 10.0 Å². The third-order valence-corrected chi connectivity index (χ3v) is 6.57. The molecular weight excluding hydrogens is 332 g/mol. The molecule has 25 heavy (non-hydrogen) atoms. The van der Waals surface area contributed by atoms with E-state index in [2.05, 4.69) is 25.8 Å². The number of aromatic nitrogens is 1. The van der Waals surface area contributed by atoms with Crippen molar-refractivity contribution < 1.29 is 8.42 Å². The molecule has 1 aromatic carbocycles. The molecule has 0 spiro atoms. The fourth-order valence-electron chi connectivity index (χ4n) is 2.88. The van der Waals surface area contributed by atoms with Crippen molar-refractivity contribution in [2.24, 2.45) is 0 Å². The van der Waals surface area contributed by atoms with Gasteiger partial charge < -0.3 is 0 Å². The standard InChI is InChI=1S/C20H28N2O2S/c1-15-13-17(20(3,4)5)14-16(2)19(15)25(23,24)22(6)12-10-18-9-7-8-11-21-18/h7-9,11,13-14H,10,12H2,1-6H3. The Morgan fingerprint density at radius 3 is 2.16 bits per heavy atom. The van der Waals surface area contributed by atoms with Crippen LogP contribution in [0.15, 0.2) is 41.4 Å². The van der Waals surface area contributed by atoms with Crippen molar-refractivity contribution >= 4 is 10.0 Å². The van der Waals surface area contributed by atoms with E-state index in [1.165, 1.54) is 4.31 Å². The number of hydrogen-bond donors (Lipinski definition) is 0. The fourth-order valence-corrected chi connectivity index (χ4v) is 4.46. The number of benzene rings is 1. The van der Waals surface area contributed by atoms with Gasteiger partial charge in [-0.05, 0) is 48.1 Å². The summed E-state index contributed by atoms with van der Waals surface area (Å²) in [6.45, 7) is 10.6. The highest BCUT2D eigenvalue weighted by molar-refractivity contribution is 7.89. The van der Waals surface area contributed by atoms with Crippen LogP contribution < -0.4 is 0 Å². The van der Waals surface area contributed by atoms with Gasteiger partial charge in [-0.1, -0.05) is 39.0 Å². The molecule has 0 unspecified atom stereocenters. The molecule has 0 aliphatic rings. The van der Waals surface area contributed by atoms with Crippen molar-refractivity contribution in [3.05, 3.63) is 58.9 Å². The first-order valence-corrected chi connectivity index (χ1v) is 9.95. The van der Waals surface area contributed by atoms with Gasteiger partial charge in [0.2, 0.25) is 10.0 Å². The van der Waals surface area contributed by atoms with Gasteiger partial charge in [-0.15, -0.1) is 0 Å². The number of hydrogen-bond acceptors (Lipinski definition) is 3. The second-order valence-electron chi connectivity index (χ2n) is 7.59. The van der Waals surface area contributed by atoms with Gasteiger partial charge in [0.05, 0.1) is 4.90 Å². The summed E-state index contributed by atoms with van der Waals surface area (Å²) in [5, 5.41) is 0. The van der Waals surface area contributed by atoms with Crippen molar-refractivity contribution in [1.29, 1.82) is 0 Å². The zero-order valence-electron chi connectivity index (χ0n) is 16.0. The minimum absolute atomic E-state index is 0.0112. The third kappa shape index (κ3) is 4.47. The lowest BCUT2D eigenvalue weighted by molar-refractivity contribution is 0.470. The number of nitrogens with zero attached hydrogens (tertiary/aromatic N) is 2. The predicted octanol–water partition coefficient (Wildman–Crippen LogP) is 3.86. The molecule has 0 radical (unpaired) electrons. The first-order chi connectivity index (χ1) is 11.5. The molecule has 0 atom stereocenters. The molecule has 0 saturated heterocycles. The lowest BCUT2D eigenvalue weighted by Crippen LogP contribution is -2.30. The molecule has 0 N–H and O–H groups in total. The highest BCUT2D eigenvalue weighted by Crippen LogP contribution is 2.30. The summed E-state index contributed by atoms with van der Waals surface area (Å²) in [5.74, 6) is 0. The Morgan fingerprint density at radius 1 is 1.08 bits per heavy atom. The summed E-state index contributed by atoms with van der Waals surface area (Å²) in [4.78, 5) is 4.68. The molecule has 4 nitrogen and oxygen atoms in total. The van der Waals surface area contributed by atoms with Crippen LogP contribution in [-0.4, -0.2) is 31.3 Å². The van der Waals surface area contributed by atoms with Gasteiger partial charge in [0, 0.05) is 31.9 Å². The predicted molar refractivity (Wildman–Crippen MR) is 102 cm³/mol. The van der Waals surface area contributed by atoms with Crippen molar-refractivity contribution in [2.45, 2.75) is 51.3 Å². The van der Waals surface area contributed by atoms with Crippen LogP contribution in [0.2, 0.25) is 0 Å². The molecule has 5 heteroatoms. The summed E-state index contributed by atoms with van der Waals surface area (Å²) in [6.07, 6.45) is 2.32. The third-order valence-electron chi connectivity index (χ3n) is 4.40. The van der Waals surface area contributed by atoms with Crippen molar-refractivity contribution in [2.75, 3.05) is 13.6 Å². The summed E-state index contributed by atoms with van der Waals surface area (Å²) in [7, 11) is -1.89. The van der Waals surface area contributed by atoms with E-state index in [9.17, 15) is 8.42 Å². The maximum Gasteiger partial charge on any atom is 0.243 e. The van der Waals surface area contributed by atoms with Crippen LogP contribution in [0.4, 0.5) is 0 Å². The first kappa shape index (κ1) is 19.6. The Balaban J connectivity index is 2.29. The molecule has 2 aromatic rings. The molecule has 0 fully saturated rings. The van der Waals surface area contributed by atoms with Crippen LogP contribution >= 0.6 is 0 Å². The van der Waals surface area contributed by atoms with Gasteiger partial charge >= 0.3 is 0 Å². The summed E-state index contributed by atoms with van der Waals surface area (Å²) < 4.78 is 27.5. The summed E-state index contributed by atoms with van der Waals surface area (Å²) in [5.41, 5.74) is 3.63. The molecule has 0 aliphatic carbocycles. The fraction of sp³-hybridized carbons (Fsp3) is 0.450. The van der Waals surface area contributed by atoms with Crippen molar-refractivity contribution in [1.82, 2.24) is 9.29 Å². The lowest BCUT2D eigenvalue weighted by Gasteiger charge is -2.24. The number of sulfonamides is 1. The molecule has 1 aromatic heterocycles. The average Bonchev–Trinajstić information content (AvgIpc) is 2.51. The molecule has 0 saturated carbocycles. The van der Waals surface area contributed by atoms with Gasteiger partial charge in [0.25, 0.3) is 0 Å². The van der Waals surface area contributed by atoms with E-state index in [1.54, 1.807) is 13.2 Å². The van der Waals surface area contributed by atoms with E-state index in [4.69, 9.17) is 0 Å². The molecule has 1 heterocycles. The number of pyridine rings is 1. The topological polar surface area (TPSA) is 50.3 Å². The van der Waals surface area contributed by atoms with Crippen molar-refractivity contribution in [3.8, 4) is 0 Å². The van der Waals surface area contributed by atoms with E-state index >= 15 is 0 Å². The van der Waals surface area contributed by atoms with E-state index in [1.807, 2.05) is 44.2 Å². The Bertz CT molecular complexity index is 815. The zero-order valence-corrected chi connectivity index (χ0v) is 16.8. The van der Waals surface area contributed by atoms with Gasteiger partial charge in [0.1, 0.15) is 0 Å². The number of rotatable bonds is 5. The Hall–Kier alpha value is -1.72. The molecule has 0 bridgehead atoms. The minimum Gasteiger partial charge on any atom is -0.261 e. The average molecular weight is 361 g/mol. The van der Waals surface area contributed by atoms with Gasteiger partial charge in [0.15, 0.2) is 0 Å². The van der Waals surface area contributed by atoms with Crippen molar-refractivity contribution in [3.63, 3.8) is 0 Å². The maximum atomic E-state index is 13.1. The van der Waals surface area contributed by atoms with Gasteiger partial charge in [-0.25, -0.2) is 12.7 Å². The summed E-state index contributed by atoms with van der Waals surface area (Å²) in [6, 6.07) is 9.66. The van der Waals surface area contributed by atoms with E-state index in [0.717, 1.165) is 22.4 Å². The molecule has 0 aliphatic heterocycles. The summed E-state index contributed by atoms with van der Waals surface area (Å²) >= 11 is 0. The molecule has 0 amide bonds. The zero-order chi connectivity index (χ0) is 18.8. The minimum atomic E-state index is -3.53. The Kier molecular flexibility index (Phi) is 5.69. The largest absolute Gasteiger partial charge is 0.261 e. The molecule has 2 rings (SSSR count). The smallest absolute Gasteiger partial charge is 0.243 e. The monoisotopic (exact) mass is 360 g/mol. The SMILES string of the molecule is Cc1cc(C(C)(C)C)cc(C)c1S(=O)(=O)N(C)CCc1ccccn1. The molecular formula is C20H28N2O2S. The van der Waals surface area contributed by atoms with Crippen LogP contribution in [0.1, 0.15) is 43.2 Å². The second kappa shape index (κ2) is 7.26. The van der Waals surface area contributed by atoms with Gasteiger partial charge in [-0.3, -0.25) is 4.98 Å². The Labute approximate surface area is 152 Å².